The van der Waals surface area contributed by atoms with Crippen molar-refractivity contribution in [2.24, 2.45) is 5.92 Å². The highest BCUT2D eigenvalue weighted by molar-refractivity contribution is 5.91. The quantitative estimate of drug-likeness (QED) is 0.647. The van der Waals surface area contributed by atoms with Gasteiger partial charge in [-0.15, -0.1) is 0 Å². The van der Waals surface area contributed by atoms with Gasteiger partial charge in [-0.25, -0.2) is 0 Å². The summed E-state index contributed by atoms with van der Waals surface area (Å²) in [5.41, 5.74) is 1.17. The molecule has 126 valence electrons. The van der Waals surface area contributed by atoms with Crippen LogP contribution in [0.2, 0.25) is 0 Å². The number of hydrogen-bond donors (Lipinski definition) is 1. The van der Waals surface area contributed by atoms with Gasteiger partial charge in [-0.2, -0.15) is 0 Å². The van der Waals surface area contributed by atoms with Crippen LogP contribution < -0.4 is 5.32 Å². The SMILES string of the molecule is O=C(NC(Cc1ccccc1)C1CCCC1)c1ccc([N+](=O)[O-])o1. The van der Waals surface area contributed by atoms with Crippen molar-refractivity contribution in [3.8, 4) is 0 Å². The maximum Gasteiger partial charge on any atom is 0.433 e. The zero-order valence-corrected chi connectivity index (χ0v) is 13.3. The van der Waals surface area contributed by atoms with E-state index in [-0.39, 0.29) is 11.8 Å². The van der Waals surface area contributed by atoms with E-state index in [0.717, 1.165) is 19.3 Å². The molecule has 6 nitrogen and oxygen atoms in total. The zero-order chi connectivity index (χ0) is 16.9. The van der Waals surface area contributed by atoms with Crippen molar-refractivity contribution in [3.63, 3.8) is 0 Å². The van der Waals surface area contributed by atoms with Crippen LogP contribution in [0.5, 0.6) is 0 Å². The molecule has 24 heavy (non-hydrogen) atoms. The summed E-state index contributed by atoms with van der Waals surface area (Å²) in [4.78, 5) is 22.5. The van der Waals surface area contributed by atoms with Crippen molar-refractivity contribution < 1.29 is 14.1 Å². The van der Waals surface area contributed by atoms with E-state index in [0.29, 0.717) is 5.92 Å². The predicted octanol–water partition coefficient (Wildman–Crippen LogP) is 3.72. The Bertz CT molecular complexity index is 705. The minimum Gasteiger partial charge on any atom is -0.395 e. The molecule has 1 atom stereocenters. The van der Waals surface area contributed by atoms with Gasteiger partial charge in [0.15, 0.2) is 5.76 Å². The summed E-state index contributed by atoms with van der Waals surface area (Å²) in [6.45, 7) is 0. The number of carbonyl (C=O) groups excluding carboxylic acids is 1. The molecule has 1 fully saturated rings. The van der Waals surface area contributed by atoms with Crippen LogP contribution in [0, 0.1) is 16.0 Å². The van der Waals surface area contributed by atoms with Gasteiger partial charge >= 0.3 is 5.88 Å². The number of carbonyl (C=O) groups is 1. The topological polar surface area (TPSA) is 85.4 Å². The van der Waals surface area contributed by atoms with Crippen LogP contribution >= 0.6 is 0 Å². The predicted molar refractivity (Wildman–Crippen MR) is 88.7 cm³/mol. The average Bonchev–Trinajstić information content (AvgIpc) is 3.27. The van der Waals surface area contributed by atoms with Gasteiger partial charge in [0.2, 0.25) is 0 Å². The Balaban J connectivity index is 1.72. The van der Waals surface area contributed by atoms with E-state index in [4.69, 9.17) is 4.42 Å². The van der Waals surface area contributed by atoms with E-state index in [1.54, 1.807) is 0 Å². The Morgan fingerprint density at radius 3 is 2.54 bits per heavy atom. The van der Waals surface area contributed by atoms with Gasteiger partial charge in [-0.3, -0.25) is 14.9 Å². The van der Waals surface area contributed by atoms with E-state index in [2.05, 4.69) is 5.32 Å². The lowest BCUT2D eigenvalue weighted by Gasteiger charge is -2.24. The van der Waals surface area contributed by atoms with Crippen molar-refractivity contribution in [1.82, 2.24) is 5.32 Å². The molecule has 0 saturated heterocycles. The first kappa shape index (κ1) is 16.2. The molecular weight excluding hydrogens is 308 g/mol. The van der Waals surface area contributed by atoms with E-state index in [1.165, 1.54) is 30.5 Å². The first-order chi connectivity index (χ1) is 11.6. The first-order valence-electron chi connectivity index (χ1n) is 8.22. The molecular formula is C18H20N2O4. The standard InChI is InChI=1S/C18H20N2O4/c21-18(16-10-11-17(24-16)20(22)23)19-15(14-8-4-5-9-14)12-13-6-2-1-3-7-13/h1-3,6-7,10-11,14-15H,4-5,8-9,12H2,(H,19,21). The lowest BCUT2D eigenvalue weighted by molar-refractivity contribution is -0.402. The molecule has 1 aromatic heterocycles. The summed E-state index contributed by atoms with van der Waals surface area (Å²) in [5.74, 6) is -0.395. The number of furan rings is 1. The molecule has 1 aliphatic rings. The van der Waals surface area contributed by atoms with Crippen LogP contribution in [0.3, 0.4) is 0 Å². The molecule has 1 aromatic carbocycles. The van der Waals surface area contributed by atoms with Crippen molar-refractivity contribution in [2.75, 3.05) is 0 Å². The summed E-state index contributed by atoms with van der Waals surface area (Å²) >= 11 is 0. The van der Waals surface area contributed by atoms with Crippen molar-refractivity contribution >= 4 is 11.8 Å². The molecule has 6 heteroatoms. The molecule has 1 N–H and O–H groups in total. The van der Waals surface area contributed by atoms with E-state index < -0.39 is 16.7 Å². The van der Waals surface area contributed by atoms with Gasteiger partial charge in [-0.05, 0) is 36.8 Å². The largest absolute Gasteiger partial charge is 0.433 e. The third kappa shape index (κ3) is 3.82. The molecule has 1 unspecified atom stereocenters. The van der Waals surface area contributed by atoms with Crippen LogP contribution in [-0.2, 0) is 6.42 Å². The van der Waals surface area contributed by atoms with Gasteiger partial charge in [-0.1, -0.05) is 43.2 Å². The highest BCUT2D eigenvalue weighted by Gasteiger charge is 2.28. The minimum absolute atomic E-state index is 0.00607. The van der Waals surface area contributed by atoms with Gasteiger partial charge < -0.3 is 9.73 Å². The number of amides is 1. The van der Waals surface area contributed by atoms with E-state index in [9.17, 15) is 14.9 Å². The second-order valence-electron chi connectivity index (χ2n) is 6.21. The lowest BCUT2D eigenvalue weighted by Crippen LogP contribution is -2.41. The van der Waals surface area contributed by atoms with Crippen molar-refractivity contribution in [3.05, 3.63) is 63.9 Å². The van der Waals surface area contributed by atoms with E-state index >= 15 is 0 Å². The molecule has 0 aliphatic heterocycles. The molecule has 1 heterocycles. The maximum atomic E-state index is 12.4. The third-order valence-electron chi connectivity index (χ3n) is 4.58. The molecule has 3 rings (SSSR count). The van der Waals surface area contributed by atoms with Crippen LogP contribution in [0.1, 0.15) is 41.8 Å². The summed E-state index contributed by atoms with van der Waals surface area (Å²) in [7, 11) is 0. The molecule has 2 aromatic rings. The number of rotatable bonds is 6. The minimum atomic E-state index is -0.644. The number of nitro groups is 1. The maximum absolute atomic E-state index is 12.4. The van der Waals surface area contributed by atoms with Gasteiger partial charge in [0, 0.05) is 6.04 Å². The monoisotopic (exact) mass is 328 g/mol. The molecule has 1 saturated carbocycles. The fourth-order valence-electron chi connectivity index (χ4n) is 3.35. The number of benzene rings is 1. The zero-order valence-electron chi connectivity index (χ0n) is 13.3. The number of nitrogens with one attached hydrogen (secondary N) is 1. The molecule has 0 spiro atoms. The molecule has 1 amide bonds. The van der Waals surface area contributed by atoms with Crippen molar-refractivity contribution in [2.45, 2.75) is 38.1 Å². The highest BCUT2D eigenvalue weighted by Crippen LogP contribution is 2.29. The summed E-state index contributed by atoms with van der Waals surface area (Å²) < 4.78 is 5.01. The Morgan fingerprint density at radius 1 is 1.21 bits per heavy atom. The normalized spacial score (nSPS) is 16.0. The van der Waals surface area contributed by atoms with Crippen LogP contribution in [0.15, 0.2) is 46.9 Å². The third-order valence-corrected chi connectivity index (χ3v) is 4.58. The summed E-state index contributed by atoms with van der Waals surface area (Å²) in [6.07, 6.45) is 5.29. The first-order valence-corrected chi connectivity index (χ1v) is 8.22. The van der Waals surface area contributed by atoms with Crippen molar-refractivity contribution in [1.29, 1.82) is 0 Å². The number of hydrogen-bond acceptors (Lipinski definition) is 4. The lowest BCUT2D eigenvalue weighted by atomic mass is 9.92. The molecule has 0 bridgehead atoms. The van der Waals surface area contributed by atoms with Crippen LogP contribution in [-0.4, -0.2) is 16.9 Å². The fraction of sp³-hybridized carbons (Fsp3) is 0.389. The Hall–Kier alpha value is -2.63. The van der Waals surface area contributed by atoms with Crippen LogP contribution in [0.4, 0.5) is 5.88 Å². The molecule has 0 radical (unpaired) electrons. The van der Waals surface area contributed by atoms with Crippen LogP contribution in [0.25, 0.3) is 0 Å². The fourth-order valence-corrected chi connectivity index (χ4v) is 3.35. The number of nitrogens with zero attached hydrogens (tertiary/aromatic N) is 1. The van der Waals surface area contributed by atoms with Gasteiger partial charge in [0.05, 0.1) is 6.07 Å². The Morgan fingerprint density at radius 2 is 1.92 bits per heavy atom. The highest BCUT2D eigenvalue weighted by atomic mass is 16.6. The van der Waals surface area contributed by atoms with Gasteiger partial charge in [0.25, 0.3) is 5.91 Å². The smallest absolute Gasteiger partial charge is 0.395 e. The second-order valence-corrected chi connectivity index (χ2v) is 6.21. The van der Waals surface area contributed by atoms with E-state index in [1.807, 2.05) is 30.3 Å². The molecule has 1 aliphatic carbocycles. The Labute approximate surface area is 140 Å². The second kappa shape index (κ2) is 7.29. The Kier molecular flexibility index (Phi) is 4.93. The summed E-state index contributed by atoms with van der Waals surface area (Å²) in [5, 5.41) is 13.7. The van der Waals surface area contributed by atoms with Gasteiger partial charge in [0.1, 0.15) is 4.92 Å². The summed E-state index contributed by atoms with van der Waals surface area (Å²) in [6, 6.07) is 12.6. The average molecular weight is 328 g/mol.